The predicted octanol–water partition coefficient (Wildman–Crippen LogP) is -0.308. The number of carbonyl (C=O) groups excluding carboxylic acids is 4. The zero-order valence-corrected chi connectivity index (χ0v) is 12.5. The van der Waals surface area contributed by atoms with Gasteiger partial charge in [-0.1, -0.05) is 0 Å². The molecular weight excluding hydrogens is 431 g/mol. The van der Waals surface area contributed by atoms with Crippen molar-refractivity contribution in [3.05, 3.63) is 0 Å². The fourth-order valence-electron chi connectivity index (χ4n) is 0.326. The van der Waals surface area contributed by atoms with Gasteiger partial charge in [-0.3, -0.25) is 9.59 Å². The Labute approximate surface area is 142 Å². The normalized spacial score (nSPS) is 10.8. The van der Waals surface area contributed by atoms with Crippen molar-refractivity contribution < 1.29 is 86.0 Å². The van der Waals surface area contributed by atoms with Crippen LogP contribution in [0.1, 0.15) is 13.3 Å². The number of carboxylic acids is 2. The van der Waals surface area contributed by atoms with Crippen LogP contribution in [0, 0.1) is 0 Å². The van der Waals surface area contributed by atoms with E-state index in [0.29, 0.717) is 0 Å². The van der Waals surface area contributed by atoms with Gasteiger partial charge in [0.1, 0.15) is 17.7 Å². The van der Waals surface area contributed by atoms with Crippen LogP contribution in [0.2, 0.25) is 0 Å². The van der Waals surface area contributed by atoms with Crippen LogP contribution in [0.4, 0.5) is 39.5 Å². The average Bonchev–Trinajstić information content (AvgIpc) is 2.25. The number of hydrogen-bond acceptors (Lipinski definition) is 6. The van der Waals surface area contributed by atoms with E-state index in [2.05, 4.69) is 0 Å². The Morgan fingerprint density at radius 2 is 0.880 bits per heavy atom. The van der Waals surface area contributed by atoms with Crippen molar-refractivity contribution in [2.24, 2.45) is 0 Å². The van der Waals surface area contributed by atoms with E-state index >= 15 is 0 Å². The Hall–Kier alpha value is -1.83. The summed E-state index contributed by atoms with van der Waals surface area (Å²) in [5.41, 5.74) is 0. The van der Waals surface area contributed by atoms with E-state index in [0.717, 1.165) is 6.92 Å². The number of halogens is 9. The number of rotatable bonds is 2. The average molecular weight is 436 g/mol. The van der Waals surface area contributed by atoms with Crippen molar-refractivity contribution in [1.29, 1.82) is 0 Å². The summed E-state index contributed by atoms with van der Waals surface area (Å²) in [4.78, 5) is 37.5. The number of aliphatic carboxylic acids is 2. The quantitative estimate of drug-likeness (QED) is 0.334. The molecule has 0 spiro atoms. The smallest absolute Gasteiger partial charge is 0.542 e. The molecule has 25 heavy (non-hydrogen) atoms. The SMILES string of the molecule is CC(=O)CC(=O)C(F)(F)F.O=C([O-])C(F)(F)F.O=C([O-])C(F)(F)F.[Fe+2]. The summed E-state index contributed by atoms with van der Waals surface area (Å²) >= 11 is 0. The minimum absolute atomic E-state index is 0. The molecule has 6 nitrogen and oxygen atoms in total. The molecule has 0 saturated heterocycles. The molecule has 0 saturated carbocycles. The molecule has 0 amide bonds. The van der Waals surface area contributed by atoms with Crippen LogP contribution in [0.25, 0.3) is 0 Å². The summed E-state index contributed by atoms with van der Waals surface area (Å²) in [6.07, 6.45) is -16.3. The molecule has 0 heterocycles. The van der Waals surface area contributed by atoms with Crippen molar-refractivity contribution in [3.63, 3.8) is 0 Å². The van der Waals surface area contributed by atoms with Crippen LogP contribution >= 0.6 is 0 Å². The van der Waals surface area contributed by atoms with Crippen LogP contribution in [-0.4, -0.2) is 42.0 Å². The molecule has 0 atom stereocenters. The predicted molar refractivity (Wildman–Crippen MR) is 48.5 cm³/mol. The minimum Gasteiger partial charge on any atom is -0.542 e. The van der Waals surface area contributed by atoms with Crippen molar-refractivity contribution in [2.75, 3.05) is 0 Å². The Kier molecular flexibility index (Phi) is 14.5. The third kappa shape index (κ3) is 22.2. The van der Waals surface area contributed by atoms with Crippen LogP contribution < -0.4 is 10.2 Å². The van der Waals surface area contributed by atoms with Gasteiger partial charge in [0.25, 0.3) is 0 Å². The van der Waals surface area contributed by atoms with Gasteiger partial charge >= 0.3 is 35.6 Å². The molecule has 0 bridgehead atoms. The van der Waals surface area contributed by atoms with E-state index in [4.69, 9.17) is 19.8 Å². The first-order valence-electron chi connectivity index (χ1n) is 4.88. The van der Waals surface area contributed by atoms with Gasteiger partial charge in [-0.25, -0.2) is 0 Å². The molecular formula is C9H5F9FeO6. The van der Waals surface area contributed by atoms with Crippen molar-refractivity contribution in [3.8, 4) is 0 Å². The first kappa shape index (κ1) is 31.0. The zero-order valence-electron chi connectivity index (χ0n) is 11.4. The number of ketones is 2. The Balaban J connectivity index is -0.000000133. The van der Waals surface area contributed by atoms with Crippen LogP contribution in [0.15, 0.2) is 0 Å². The van der Waals surface area contributed by atoms with Crippen LogP contribution in [0.3, 0.4) is 0 Å². The molecule has 0 N–H and O–H groups in total. The second kappa shape index (κ2) is 11.7. The summed E-state index contributed by atoms with van der Waals surface area (Å²) in [7, 11) is 0. The summed E-state index contributed by atoms with van der Waals surface area (Å²) in [5, 5.41) is 17.6. The summed E-state index contributed by atoms with van der Waals surface area (Å²) in [5.74, 6) is -8.78. The van der Waals surface area contributed by atoms with Gasteiger partial charge in [0.15, 0.2) is 0 Å². The van der Waals surface area contributed by atoms with E-state index in [1.165, 1.54) is 0 Å². The third-order valence-electron chi connectivity index (χ3n) is 1.19. The molecule has 0 radical (unpaired) electrons. The van der Waals surface area contributed by atoms with E-state index in [1.54, 1.807) is 0 Å². The van der Waals surface area contributed by atoms with E-state index < -0.39 is 48.5 Å². The topological polar surface area (TPSA) is 114 Å². The molecule has 0 aromatic carbocycles. The van der Waals surface area contributed by atoms with Crippen LogP contribution in [-0.2, 0) is 36.2 Å². The molecule has 0 fully saturated rings. The van der Waals surface area contributed by atoms with Gasteiger partial charge in [0.2, 0.25) is 5.78 Å². The standard InChI is InChI=1S/C5H5F3O2.2C2HF3O2.Fe/c1-3(9)2-4(10)5(6,7)8;2*3-2(4,5)1(6)7;/h2H2,1H3;2*(H,6,7);/q;;;+2/p-2. The van der Waals surface area contributed by atoms with Crippen molar-refractivity contribution in [2.45, 2.75) is 31.9 Å². The van der Waals surface area contributed by atoms with Gasteiger partial charge < -0.3 is 19.8 Å². The second-order valence-corrected chi connectivity index (χ2v) is 3.37. The molecule has 0 aliphatic carbocycles. The van der Waals surface area contributed by atoms with E-state index in [9.17, 15) is 49.1 Å². The number of carbonyl (C=O) groups is 4. The first-order chi connectivity index (χ1) is 10.2. The van der Waals surface area contributed by atoms with Crippen molar-refractivity contribution >= 4 is 23.5 Å². The Bertz CT molecular complexity index is 442. The largest absolute Gasteiger partial charge is 2.00 e. The Morgan fingerprint density at radius 3 is 0.920 bits per heavy atom. The molecule has 0 rings (SSSR count). The molecule has 0 aromatic heterocycles. The van der Waals surface area contributed by atoms with E-state index in [1.807, 2.05) is 0 Å². The van der Waals surface area contributed by atoms with Gasteiger partial charge in [-0.15, -0.1) is 0 Å². The summed E-state index contributed by atoms with van der Waals surface area (Å²) in [6.45, 7) is 0.934. The van der Waals surface area contributed by atoms with Crippen molar-refractivity contribution in [1.82, 2.24) is 0 Å². The monoisotopic (exact) mass is 436 g/mol. The summed E-state index contributed by atoms with van der Waals surface area (Å²) in [6, 6.07) is 0. The maximum Gasteiger partial charge on any atom is 2.00 e. The molecule has 148 valence electrons. The van der Waals surface area contributed by atoms with Gasteiger partial charge in [-0.05, 0) is 6.92 Å². The maximum absolute atomic E-state index is 11.3. The third-order valence-corrected chi connectivity index (χ3v) is 1.19. The molecule has 0 aliphatic rings. The summed E-state index contributed by atoms with van der Waals surface area (Å²) < 4.78 is 97.0. The fourth-order valence-corrected chi connectivity index (χ4v) is 0.326. The zero-order chi connectivity index (χ0) is 20.5. The molecule has 0 aliphatic heterocycles. The first-order valence-corrected chi connectivity index (χ1v) is 4.88. The van der Waals surface area contributed by atoms with E-state index in [-0.39, 0.29) is 17.1 Å². The number of alkyl halides is 9. The van der Waals surface area contributed by atoms with Gasteiger partial charge in [0.05, 0.1) is 6.42 Å². The number of hydrogen-bond donors (Lipinski definition) is 0. The van der Waals surface area contributed by atoms with Gasteiger partial charge in [-0.2, -0.15) is 39.5 Å². The Morgan fingerprint density at radius 1 is 0.680 bits per heavy atom. The minimum atomic E-state index is -5.19. The van der Waals surface area contributed by atoms with Gasteiger partial charge in [0, 0.05) is 0 Å². The molecule has 0 unspecified atom stereocenters. The molecule has 16 heteroatoms. The maximum atomic E-state index is 11.3. The second-order valence-electron chi connectivity index (χ2n) is 3.37. The number of Topliss-reactive ketones (excluding diaryl/α,β-unsaturated/α-hetero) is 2. The molecule has 0 aromatic rings. The number of carboxylic acid groups (broad SMARTS) is 2. The van der Waals surface area contributed by atoms with Crippen LogP contribution in [0.5, 0.6) is 0 Å². The fraction of sp³-hybridized carbons (Fsp3) is 0.556.